The van der Waals surface area contributed by atoms with Crippen molar-refractivity contribution < 1.29 is 4.74 Å². The summed E-state index contributed by atoms with van der Waals surface area (Å²) in [7, 11) is 0. The van der Waals surface area contributed by atoms with E-state index >= 15 is 0 Å². The van der Waals surface area contributed by atoms with Gasteiger partial charge >= 0.3 is 0 Å². The first-order valence-corrected chi connectivity index (χ1v) is 6.97. The topological polar surface area (TPSA) is 22.1 Å². The molecule has 98 valence electrons. The summed E-state index contributed by atoms with van der Waals surface area (Å²) in [5.74, 6) is 0. The Labute approximate surface area is 118 Å². The summed E-state index contributed by atoms with van der Waals surface area (Å²) in [6.45, 7) is 1.43. The minimum atomic E-state index is 0.664. The fourth-order valence-electron chi connectivity index (χ4n) is 2.94. The highest BCUT2D eigenvalue weighted by Gasteiger charge is 2.19. The molecule has 1 aliphatic rings. The molecule has 0 unspecified atom stereocenters. The zero-order chi connectivity index (χ0) is 13.4. The molecule has 0 spiro atoms. The number of nitrogens with zero attached hydrogens (tertiary/aromatic N) is 1. The molecule has 0 saturated heterocycles. The fourth-order valence-corrected chi connectivity index (χ4v) is 2.94. The third kappa shape index (κ3) is 1.81. The Bertz CT molecular complexity index is 765. The van der Waals surface area contributed by atoms with Crippen LogP contribution < -0.4 is 0 Å². The second-order valence-corrected chi connectivity index (χ2v) is 5.10. The molecular formula is C18H15NO. The quantitative estimate of drug-likeness (QED) is 0.661. The zero-order valence-corrected chi connectivity index (χ0v) is 11.2. The van der Waals surface area contributed by atoms with E-state index in [0.29, 0.717) is 6.61 Å². The van der Waals surface area contributed by atoms with Gasteiger partial charge in [-0.25, -0.2) is 0 Å². The van der Waals surface area contributed by atoms with Crippen molar-refractivity contribution in [2.24, 2.45) is 0 Å². The lowest BCUT2D eigenvalue weighted by Crippen LogP contribution is -2.13. The van der Waals surface area contributed by atoms with Crippen molar-refractivity contribution in [1.29, 1.82) is 0 Å². The van der Waals surface area contributed by atoms with Gasteiger partial charge in [0, 0.05) is 23.1 Å². The molecular weight excluding hydrogens is 246 g/mol. The van der Waals surface area contributed by atoms with Crippen molar-refractivity contribution in [2.45, 2.75) is 13.0 Å². The molecule has 0 fully saturated rings. The number of rotatable bonds is 1. The van der Waals surface area contributed by atoms with Gasteiger partial charge in [0.1, 0.15) is 0 Å². The molecule has 3 aromatic rings. The highest BCUT2D eigenvalue weighted by Crippen LogP contribution is 2.34. The Morgan fingerprint density at radius 2 is 1.70 bits per heavy atom. The predicted molar refractivity (Wildman–Crippen MR) is 80.5 cm³/mol. The maximum atomic E-state index is 5.67. The second-order valence-electron chi connectivity index (χ2n) is 5.10. The third-order valence-electron chi connectivity index (χ3n) is 3.87. The number of para-hydroxylation sites is 1. The van der Waals surface area contributed by atoms with Crippen LogP contribution in [0.3, 0.4) is 0 Å². The zero-order valence-electron chi connectivity index (χ0n) is 11.2. The van der Waals surface area contributed by atoms with E-state index in [1.165, 1.54) is 27.8 Å². The summed E-state index contributed by atoms with van der Waals surface area (Å²) in [5.41, 5.74) is 6.04. The number of hydrogen-bond donors (Lipinski definition) is 0. The number of pyridine rings is 1. The monoisotopic (exact) mass is 261 g/mol. The summed E-state index contributed by atoms with van der Waals surface area (Å²) in [6, 6.07) is 18.9. The molecule has 0 atom stereocenters. The van der Waals surface area contributed by atoms with Gasteiger partial charge in [0.2, 0.25) is 0 Å². The summed E-state index contributed by atoms with van der Waals surface area (Å²) < 4.78 is 5.67. The first-order chi connectivity index (χ1) is 9.93. The highest BCUT2D eigenvalue weighted by molar-refractivity contribution is 5.96. The van der Waals surface area contributed by atoms with Crippen molar-refractivity contribution in [3.63, 3.8) is 0 Å². The predicted octanol–water partition coefficient (Wildman–Crippen LogP) is 3.97. The van der Waals surface area contributed by atoms with Crippen LogP contribution in [0.1, 0.15) is 11.3 Å². The van der Waals surface area contributed by atoms with E-state index in [1.54, 1.807) is 0 Å². The maximum Gasteiger partial charge on any atom is 0.0741 e. The molecule has 2 heterocycles. The van der Waals surface area contributed by atoms with Crippen molar-refractivity contribution >= 4 is 10.9 Å². The normalized spacial score (nSPS) is 14.2. The van der Waals surface area contributed by atoms with Gasteiger partial charge in [-0.05, 0) is 17.2 Å². The molecule has 0 N–H and O–H groups in total. The van der Waals surface area contributed by atoms with Crippen molar-refractivity contribution in [3.05, 3.63) is 65.9 Å². The SMILES string of the molecule is c1ccc(-c2c3c(nc4ccccc24)CCOC3)cc1. The highest BCUT2D eigenvalue weighted by atomic mass is 16.5. The van der Waals surface area contributed by atoms with Gasteiger partial charge < -0.3 is 4.74 Å². The Morgan fingerprint density at radius 1 is 0.900 bits per heavy atom. The maximum absolute atomic E-state index is 5.67. The van der Waals surface area contributed by atoms with Crippen molar-refractivity contribution in [1.82, 2.24) is 4.98 Å². The molecule has 0 saturated carbocycles. The van der Waals surface area contributed by atoms with Crippen LogP contribution in [0.2, 0.25) is 0 Å². The molecule has 0 aliphatic carbocycles. The summed E-state index contributed by atoms with van der Waals surface area (Å²) in [6.07, 6.45) is 0.903. The van der Waals surface area contributed by atoms with Gasteiger partial charge in [0.15, 0.2) is 0 Å². The van der Waals surface area contributed by atoms with Gasteiger partial charge in [-0.3, -0.25) is 4.98 Å². The Morgan fingerprint density at radius 3 is 2.60 bits per heavy atom. The fraction of sp³-hybridized carbons (Fsp3) is 0.167. The molecule has 1 aliphatic heterocycles. The minimum Gasteiger partial charge on any atom is -0.376 e. The lowest BCUT2D eigenvalue weighted by Gasteiger charge is -2.21. The Balaban J connectivity index is 2.10. The van der Waals surface area contributed by atoms with Crippen molar-refractivity contribution in [2.75, 3.05) is 6.61 Å². The molecule has 20 heavy (non-hydrogen) atoms. The van der Waals surface area contributed by atoms with E-state index in [4.69, 9.17) is 9.72 Å². The number of hydrogen-bond acceptors (Lipinski definition) is 2. The molecule has 2 nitrogen and oxygen atoms in total. The van der Waals surface area contributed by atoms with Crippen LogP contribution >= 0.6 is 0 Å². The largest absolute Gasteiger partial charge is 0.376 e. The van der Waals surface area contributed by atoms with Crippen LogP contribution in [0.15, 0.2) is 54.6 Å². The van der Waals surface area contributed by atoms with Gasteiger partial charge in [-0.1, -0.05) is 48.5 Å². The summed E-state index contributed by atoms with van der Waals surface area (Å²) in [4.78, 5) is 4.82. The van der Waals surface area contributed by atoms with Crippen molar-refractivity contribution in [3.8, 4) is 11.1 Å². The molecule has 0 amide bonds. The molecule has 4 rings (SSSR count). The second kappa shape index (κ2) is 4.73. The van der Waals surface area contributed by atoms with E-state index in [1.807, 2.05) is 0 Å². The summed E-state index contributed by atoms with van der Waals surface area (Å²) >= 11 is 0. The third-order valence-corrected chi connectivity index (χ3v) is 3.87. The first kappa shape index (κ1) is 11.6. The molecule has 0 radical (unpaired) electrons. The van der Waals surface area contributed by atoms with Gasteiger partial charge in [0.25, 0.3) is 0 Å². The number of aromatic nitrogens is 1. The smallest absolute Gasteiger partial charge is 0.0741 e. The van der Waals surface area contributed by atoms with E-state index < -0.39 is 0 Å². The number of benzene rings is 2. The first-order valence-electron chi connectivity index (χ1n) is 6.97. The molecule has 2 aromatic carbocycles. The van der Waals surface area contributed by atoms with Crippen LogP contribution in [-0.4, -0.2) is 11.6 Å². The minimum absolute atomic E-state index is 0.664. The number of fused-ring (bicyclic) bond motifs is 2. The van der Waals surface area contributed by atoms with Gasteiger partial charge in [-0.2, -0.15) is 0 Å². The standard InChI is InChI=1S/C18H15NO/c1-2-6-13(7-3-1)18-14-8-4-5-9-16(14)19-17-10-11-20-12-15(17)18/h1-9H,10-12H2. The molecule has 0 bridgehead atoms. The lowest BCUT2D eigenvalue weighted by atomic mass is 9.93. The van der Waals surface area contributed by atoms with Crippen LogP contribution in [0, 0.1) is 0 Å². The van der Waals surface area contributed by atoms with E-state index in [0.717, 1.165) is 18.5 Å². The van der Waals surface area contributed by atoms with Crippen LogP contribution in [-0.2, 0) is 17.8 Å². The molecule has 2 heteroatoms. The average Bonchev–Trinajstić information content (AvgIpc) is 2.53. The van der Waals surface area contributed by atoms with Crippen LogP contribution in [0.25, 0.3) is 22.0 Å². The average molecular weight is 261 g/mol. The van der Waals surface area contributed by atoms with Crippen LogP contribution in [0.5, 0.6) is 0 Å². The van der Waals surface area contributed by atoms with E-state index in [9.17, 15) is 0 Å². The number of ether oxygens (including phenoxy) is 1. The van der Waals surface area contributed by atoms with Gasteiger partial charge in [0.05, 0.1) is 18.7 Å². The molecule has 1 aromatic heterocycles. The lowest BCUT2D eigenvalue weighted by molar-refractivity contribution is 0.110. The van der Waals surface area contributed by atoms with E-state index in [2.05, 4.69) is 54.6 Å². The summed E-state index contributed by atoms with van der Waals surface area (Å²) in [5, 5.41) is 1.21. The van der Waals surface area contributed by atoms with Crippen LogP contribution in [0.4, 0.5) is 0 Å². The van der Waals surface area contributed by atoms with E-state index in [-0.39, 0.29) is 0 Å². The Kier molecular flexibility index (Phi) is 2.75. The Hall–Kier alpha value is -2.19. The van der Waals surface area contributed by atoms with Gasteiger partial charge in [-0.15, -0.1) is 0 Å².